The van der Waals surface area contributed by atoms with Gasteiger partial charge in [-0.05, 0) is 67.6 Å². The minimum atomic E-state index is -1.12. The molecule has 2 aromatic heterocycles. The minimum absolute atomic E-state index is 0.103. The molecule has 37 heavy (non-hydrogen) atoms. The average molecular weight is 502 g/mol. The minimum Gasteiger partial charge on any atom is -0.507 e. The molecule has 4 aromatic rings. The molecule has 0 aliphatic heterocycles. The quantitative estimate of drug-likeness (QED) is 0.306. The van der Waals surface area contributed by atoms with Crippen LogP contribution in [0.3, 0.4) is 0 Å². The van der Waals surface area contributed by atoms with Gasteiger partial charge in [0.1, 0.15) is 23.9 Å². The number of carboxylic acid groups (broad SMARTS) is 1. The van der Waals surface area contributed by atoms with Crippen LogP contribution in [0.4, 0.5) is 0 Å². The highest BCUT2D eigenvalue weighted by Gasteiger charge is 2.25. The van der Waals surface area contributed by atoms with Crippen molar-refractivity contribution < 1.29 is 24.2 Å². The first-order valence-corrected chi connectivity index (χ1v) is 12.7. The number of phenolic OH excluding ortho intramolecular Hbond substituents is 1. The largest absolute Gasteiger partial charge is 0.507 e. The fourth-order valence-corrected chi connectivity index (χ4v) is 5.38. The molecule has 192 valence electrons. The maximum Gasteiger partial charge on any atom is 0.326 e. The van der Waals surface area contributed by atoms with Gasteiger partial charge in [-0.15, -0.1) is 0 Å². The number of hydrogen-bond donors (Lipinski definition) is 3. The first-order chi connectivity index (χ1) is 17.8. The number of carboxylic acids is 1. The summed E-state index contributed by atoms with van der Waals surface area (Å²) < 4.78 is 7.58. The highest BCUT2D eigenvalue weighted by molar-refractivity contribution is 5.99. The summed E-state index contributed by atoms with van der Waals surface area (Å²) in [4.78, 5) is 30.0. The van der Waals surface area contributed by atoms with Crippen LogP contribution in [0.15, 0.2) is 53.3 Å². The molecule has 1 amide bonds. The molecule has 0 spiro atoms. The zero-order valence-electron chi connectivity index (χ0n) is 21.0. The van der Waals surface area contributed by atoms with Crippen molar-refractivity contribution in [3.05, 3.63) is 71.2 Å². The molecule has 1 aliphatic rings. The van der Waals surface area contributed by atoms with E-state index in [2.05, 4.69) is 9.88 Å². The van der Waals surface area contributed by atoms with Crippen molar-refractivity contribution in [2.24, 2.45) is 0 Å². The molecule has 1 fully saturated rings. The van der Waals surface area contributed by atoms with E-state index in [0.717, 1.165) is 35.3 Å². The summed E-state index contributed by atoms with van der Waals surface area (Å²) >= 11 is 0. The van der Waals surface area contributed by atoms with Crippen molar-refractivity contribution in [2.75, 3.05) is 0 Å². The number of aromatic nitrogens is 2. The second-order valence-corrected chi connectivity index (χ2v) is 9.96. The molecular weight excluding hydrogens is 470 g/mol. The number of aliphatic carboxylic acids is 1. The first kappa shape index (κ1) is 24.6. The predicted molar refractivity (Wildman–Crippen MR) is 140 cm³/mol. The Morgan fingerprint density at radius 3 is 2.49 bits per heavy atom. The van der Waals surface area contributed by atoms with Gasteiger partial charge in [0.2, 0.25) is 0 Å². The molecule has 5 rings (SSSR count). The smallest absolute Gasteiger partial charge is 0.326 e. The Morgan fingerprint density at radius 2 is 1.84 bits per heavy atom. The number of fused-ring (bicyclic) bond motifs is 1. The van der Waals surface area contributed by atoms with E-state index in [-0.39, 0.29) is 12.2 Å². The number of furan rings is 1. The van der Waals surface area contributed by atoms with Crippen molar-refractivity contribution in [3.63, 3.8) is 0 Å². The Labute approximate surface area is 214 Å². The Hall–Kier alpha value is -4.07. The zero-order valence-corrected chi connectivity index (χ0v) is 21.0. The van der Waals surface area contributed by atoms with Crippen molar-refractivity contribution in [1.82, 2.24) is 14.9 Å². The molecule has 1 aliphatic carbocycles. The molecule has 0 bridgehead atoms. The van der Waals surface area contributed by atoms with Crippen molar-refractivity contribution in [3.8, 4) is 17.1 Å². The van der Waals surface area contributed by atoms with E-state index in [4.69, 9.17) is 9.40 Å². The maximum absolute atomic E-state index is 13.1. The summed E-state index contributed by atoms with van der Waals surface area (Å²) in [7, 11) is 0. The van der Waals surface area contributed by atoms with E-state index in [1.807, 2.05) is 12.1 Å². The third-order valence-corrected chi connectivity index (χ3v) is 7.26. The van der Waals surface area contributed by atoms with E-state index in [1.54, 1.807) is 50.6 Å². The van der Waals surface area contributed by atoms with E-state index < -0.39 is 17.9 Å². The normalized spacial score (nSPS) is 15.1. The lowest BCUT2D eigenvalue weighted by molar-refractivity contribution is -0.139. The van der Waals surface area contributed by atoms with Gasteiger partial charge in [0.05, 0.1) is 22.9 Å². The number of hydrogen-bond acceptors (Lipinski definition) is 5. The number of nitrogens with one attached hydrogen (secondary N) is 1. The van der Waals surface area contributed by atoms with Gasteiger partial charge in [0.25, 0.3) is 5.91 Å². The molecule has 3 N–H and O–H groups in total. The Balaban J connectivity index is 1.43. The predicted octanol–water partition coefficient (Wildman–Crippen LogP) is 5.55. The summed E-state index contributed by atoms with van der Waals surface area (Å²) in [6, 6.07) is 9.94. The Morgan fingerprint density at radius 1 is 1.11 bits per heavy atom. The van der Waals surface area contributed by atoms with Crippen LogP contribution < -0.4 is 5.32 Å². The fraction of sp³-hybridized carbons (Fsp3) is 0.345. The van der Waals surface area contributed by atoms with Gasteiger partial charge in [-0.3, -0.25) is 4.79 Å². The van der Waals surface area contributed by atoms with Gasteiger partial charge in [-0.1, -0.05) is 31.4 Å². The molecule has 8 heteroatoms. The number of imidazole rings is 1. The molecule has 1 saturated carbocycles. The molecule has 1 atom stereocenters. The highest BCUT2D eigenvalue weighted by Crippen LogP contribution is 2.36. The van der Waals surface area contributed by atoms with Gasteiger partial charge < -0.3 is 24.5 Å². The standard InChI is InChI=1S/C29H31N3O5/c1-17-12-19(13-18(2)26(17)33)14-24(29(35)36)31-28(34)20-8-9-25-23(15-20)30-27(21-10-11-37-16-21)32(25)22-6-4-3-5-7-22/h8-13,15-16,22,24,33H,3-7,14H2,1-2H3,(H,31,34)(H,35,36). The molecule has 0 radical (unpaired) electrons. The second kappa shape index (κ2) is 10.1. The van der Waals surface area contributed by atoms with Crippen LogP contribution in [-0.2, 0) is 11.2 Å². The number of phenols is 1. The van der Waals surface area contributed by atoms with E-state index in [9.17, 15) is 19.8 Å². The van der Waals surface area contributed by atoms with E-state index >= 15 is 0 Å². The second-order valence-electron chi connectivity index (χ2n) is 9.96. The molecule has 0 saturated heterocycles. The van der Waals surface area contributed by atoms with Crippen LogP contribution in [-0.4, -0.2) is 37.7 Å². The summed E-state index contributed by atoms with van der Waals surface area (Å²) in [6.07, 6.45) is 9.15. The number of rotatable bonds is 7. The lowest BCUT2D eigenvalue weighted by atomic mass is 9.95. The van der Waals surface area contributed by atoms with Crippen LogP contribution in [0.1, 0.15) is 65.2 Å². The average Bonchev–Trinajstić information content (AvgIpc) is 3.54. The van der Waals surface area contributed by atoms with Gasteiger partial charge in [0.15, 0.2) is 0 Å². The zero-order chi connectivity index (χ0) is 26.1. The lowest BCUT2D eigenvalue weighted by Crippen LogP contribution is -2.42. The van der Waals surface area contributed by atoms with Crippen LogP contribution in [0.2, 0.25) is 0 Å². The Kier molecular flexibility index (Phi) is 6.74. The molecule has 1 unspecified atom stereocenters. The topological polar surface area (TPSA) is 118 Å². The van der Waals surface area contributed by atoms with Crippen molar-refractivity contribution >= 4 is 22.9 Å². The fourth-order valence-electron chi connectivity index (χ4n) is 5.38. The number of amides is 1. The molecule has 2 heterocycles. The number of benzene rings is 2. The summed E-state index contributed by atoms with van der Waals surface area (Å²) in [6.45, 7) is 3.53. The first-order valence-electron chi connectivity index (χ1n) is 12.7. The van der Waals surface area contributed by atoms with Gasteiger partial charge in [0, 0.05) is 18.0 Å². The highest BCUT2D eigenvalue weighted by atomic mass is 16.4. The Bertz CT molecular complexity index is 1420. The van der Waals surface area contributed by atoms with Gasteiger partial charge in [-0.2, -0.15) is 0 Å². The van der Waals surface area contributed by atoms with Crippen LogP contribution in [0.5, 0.6) is 5.75 Å². The molecular formula is C29H31N3O5. The number of aryl methyl sites for hydroxylation is 2. The summed E-state index contributed by atoms with van der Waals surface area (Å²) in [5, 5.41) is 22.5. The monoisotopic (exact) mass is 501 g/mol. The SMILES string of the molecule is Cc1cc(CC(NC(=O)c2ccc3c(c2)nc(-c2ccoc2)n3C2CCCCC2)C(=O)O)cc(C)c1O. The molecule has 8 nitrogen and oxygen atoms in total. The van der Waals surface area contributed by atoms with Gasteiger partial charge >= 0.3 is 5.97 Å². The van der Waals surface area contributed by atoms with Crippen molar-refractivity contribution in [1.29, 1.82) is 0 Å². The number of carbonyl (C=O) groups is 2. The number of aromatic hydroxyl groups is 1. The molecule has 2 aromatic carbocycles. The van der Waals surface area contributed by atoms with Gasteiger partial charge in [-0.25, -0.2) is 9.78 Å². The third-order valence-electron chi connectivity index (χ3n) is 7.26. The van der Waals surface area contributed by atoms with Crippen LogP contribution in [0.25, 0.3) is 22.4 Å². The third kappa shape index (κ3) is 4.96. The number of nitrogens with zero attached hydrogens (tertiary/aromatic N) is 2. The van der Waals surface area contributed by atoms with E-state index in [0.29, 0.717) is 28.2 Å². The number of carbonyl (C=O) groups excluding carboxylic acids is 1. The van der Waals surface area contributed by atoms with E-state index in [1.165, 1.54) is 19.3 Å². The van der Waals surface area contributed by atoms with Crippen LogP contribution in [0, 0.1) is 13.8 Å². The summed E-state index contributed by atoms with van der Waals surface area (Å²) in [5.41, 5.74) is 4.93. The van der Waals surface area contributed by atoms with Crippen molar-refractivity contribution in [2.45, 2.75) is 64.5 Å². The lowest BCUT2D eigenvalue weighted by Gasteiger charge is -2.25. The maximum atomic E-state index is 13.1. The van der Waals surface area contributed by atoms with Crippen LogP contribution >= 0.6 is 0 Å². The summed E-state index contributed by atoms with van der Waals surface area (Å²) in [5.74, 6) is -0.592.